The highest BCUT2D eigenvalue weighted by Crippen LogP contribution is 2.24. The van der Waals surface area contributed by atoms with Gasteiger partial charge in [0.1, 0.15) is 5.52 Å². The Morgan fingerprint density at radius 3 is 2.35 bits per heavy atom. The third-order valence-corrected chi connectivity index (χ3v) is 6.07. The number of oxazole rings is 1. The lowest BCUT2D eigenvalue weighted by atomic mass is 10.0. The van der Waals surface area contributed by atoms with Gasteiger partial charge < -0.3 is 25.5 Å². The molecule has 0 aliphatic heterocycles. The lowest BCUT2D eigenvalue weighted by Crippen LogP contribution is -2.30. The molecule has 40 heavy (non-hydrogen) atoms. The van der Waals surface area contributed by atoms with Gasteiger partial charge in [0.15, 0.2) is 5.58 Å². The number of carboxylic acids is 1. The van der Waals surface area contributed by atoms with E-state index in [0.717, 1.165) is 11.3 Å². The van der Waals surface area contributed by atoms with Crippen LogP contribution in [0.5, 0.6) is 0 Å². The Balaban J connectivity index is 1.21. The molecule has 0 saturated carbocycles. The minimum Gasteiger partial charge on any atom is -0.481 e. The van der Waals surface area contributed by atoms with Crippen molar-refractivity contribution < 1.29 is 23.9 Å². The van der Waals surface area contributed by atoms with Crippen LogP contribution in [0.1, 0.15) is 33.9 Å². The van der Waals surface area contributed by atoms with Gasteiger partial charge in [-0.1, -0.05) is 36.4 Å². The lowest BCUT2D eigenvalue weighted by molar-refractivity contribution is -0.137. The lowest BCUT2D eigenvalue weighted by Gasteiger charge is -2.18. The molecule has 4 N–H and O–H groups in total. The van der Waals surface area contributed by atoms with Crippen molar-refractivity contribution in [3.05, 3.63) is 114 Å². The van der Waals surface area contributed by atoms with Crippen molar-refractivity contribution >= 4 is 46.3 Å². The van der Waals surface area contributed by atoms with E-state index >= 15 is 0 Å². The molecule has 3 aromatic carbocycles. The molecule has 10 nitrogen and oxygen atoms in total. The number of hydrogen-bond donors (Lipinski definition) is 4. The van der Waals surface area contributed by atoms with Gasteiger partial charge in [0.05, 0.1) is 18.9 Å². The zero-order valence-electron chi connectivity index (χ0n) is 21.2. The fourth-order valence-electron chi connectivity index (χ4n) is 4.14. The highest BCUT2D eigenvalue weighted by molar-refractivity contribution is 5.95. The highest BCUT2D eigenvalue weighted by atomic mass is 16.4. The second kappa shape index (κ2) is 11.9. The van der Waals surface area contributed by atoms with Gasteiger partial charge in [-0.3, -0.25) is 19.4 Å². The van der Waals surface area contributed by atoms with Crippen LogP contribution in [0.2, 0.25) is 0 Å². The third kappa shape index (κ3) is 6.67. The molecule has 0 fully saturated rings. The van der Waals surface area contributed by atoms with Crippen molar-refractivity contribution in [3.63, 3.8) is 0 Å². The summed E-state index contributed by atoms with van der Waals surface area (Å²) >= 11 is 0. The largest absolute Gasteiger partial charge is 0.481 e. The van der Waals surface area contributed by atoms with Crippen LogP contribution in [0.3, 0.4) is 0 Å². The van der Waals surface area contributed by atoms with Gasteiger partial charge in [-0.05, 0) is 59.7 Å². The quantitative estimate of drug-likeness (QED) is 0.193. The Kier molecular flexibility index (Phi) is 7.77. The maximum Gasteiger partial charge on any atom is 0.305 e. The Bertz CT molecular complexity index is 1640. The van der Waals surface area contributed by atoms with E-state index in [1.165, 1.54) is 12.4 Å². The minimum absolute atomic E-state index is 0.115. The van der Waals surface area contributed by atoms with Gasteiger partial charge >= 0.3 is 5.97 Å². The van der Waals surface area contributed by atoms with Crippen LogP contribution in [0, 0.1) is 0 Å². The molecule has 10 heteroatoms. The number of anilines is 3. The molecule has 2 amide bonds. The SMILES string of the molecule is O=C(O)CC(NC(=O)c1ccncc1)c1ccc(NC(=O)Cc2ccc3nc(Nc4ccccc4)oc3c2)cc1. The summed E-state index contributed by atoms with van der Waals surface area (Å²) in [5.74, 6) is -1.69. The first-order valence-electron chi connectivity index (χ1n) is 12.5. The van der Waals surface area contributed by atoms with E-state index in [0.29, 0.717) is 33.9 Å². The van der Waals surface area contributed by atoms with E-state index < -0.39 is 17.9 Å². The van der Waals surface area contributed by atoms with E-state index in [1.807, 2.05) is 36.4 Å². The topological polar surface area (TPSA) is 146 Å². The van der Waals surface area contributed by atoms with Crippen LogP contribution in [0.25, 0.3) is 11.1 Å². The number of para-hydroxylation sites is 1. The monoisotopic (exact) mass is 535 g/mol. The number of fused-ring (bicyclic) bond motifs is 1. The number of aliphatic carboxylic acids is 1. The molecule has 2 aromatic heterocycles. The predicted molar refractivity (Wildman–Crippen MR) is 149 cm³/mol. The first-order valence-corrected chi connectivity index (χ1v) is 12.5. The van der Waals surface area contributed by atoms with Crippen LogP contribution < -0.4 is 16.0 Å². The van der Waals surface area contributed by atoms with Gasteiger partial charge in [-0.2, -0.15) is 4.98 Å². The molecule has 1 atom stereocenters. The minimum atomic E-state index is -1.05. The molecule has 0 bridgehead atoms. The number of carbonyl (C=O) groups excluding carboxylic acids is 2. The summed E-state index contributed by atoms with van der Waals surface area (Å²) in [5, 5.41) is 18.0. The Hall–Kier alpha value is -5.51. The standard InChI is InChI=1S/C30H25N5O5/c36-27(17-19-6-11-24-26(16-19)40-30(35-24)33-22-4-2-1-3-5-22)32-23-9-7-20(8-10-23)25(18-28(37)38)34-29(39)21-12-14-31-15-13-21/h1-16,25H,17-18H2,(H,32,36)(H,33,35)(H,34,39)(H,37,38). The molecule has 0 aliphatic rings. The zero-order chi connectivity index (χ0) is 27.9. The maximum absolute atomic E-state index is 12.7. The summed E-state index contributed by atoms with van der Waals surface area (Å²) in [7, 11) is 0. The molecule has 0 saturated heterocycles. The Labute approximate surface area is 229 Å². The average molecular weight is 536 g/mol. The Morgan fingerprint density at radius 2 is 1.62 bits per heavy atom. The van der Waals surface area contributed by atoms with E-state index in [4.69, 9.17) is 4.42 Å². The first kappa shape index (κ1) is 26.1. The fourth-order valence-corrected chi connectivity index (χ4v) is 4.14. The number of carboxylic acid groups (broad SMARTS) is 1. The van der Waals surface area contributed by atoms with Crippen molar-refractivity contribution in [2.24, 2.45) is 0 Å². The summed E-state index contributed by atoms with van der Waals surface area (Å²) in [6, 6.07) is 24.4. The van der Waals surface area contributed by atoms with Crippen LogP contribution in [0.4, 0.5) is 17.4 Å². The predicted octanol–water partition coefficient (Wildman–Crippen LogP) is 5.09. The van der Waals surface area contributed by atoms with Gasteiger partial charge in [-0.25, -0.2) is 0 Å². The maximum atomic E-state index is 12.7. The number of nitrogens with one attached hydrogen (secondary N) is 3. The van der Waals surface area contributed by atoms with E-state index in [9.17, 15) is 19.5 Å². The van der Waals surface area contributed by atoms with E-state index in [-0.39, 0.29) is 18.7 Å². The van der Waals surface area contributed by atoms with Crippen LogP contribution in [-0.4, -0.2) is 32.9 Å². The van der Waals surface area contributed by atoms with Crippen molar-refractivity contribution in [1.82, 2.24) is 15.3 Å². The van der Waals surface area contributed by atoms with Gasteiger partial charge in [0, 0.05) is 29.3 Å². The number of pyridine rings is 1. The molecule has 1 unspecified atom stereocenters. The highest BCUT2D eigenvalue weighted by Gasteiger charge is 2.19. The second-order valence-corrected chi connectivity index (χ2v) is 9.02. The number of nitrogens with zero attached hydrogens (tertiary/aromatic N) is 2. The van der Waals surface area contributed by atoms with E-state index in [2.05, 4.69) is 25.9 Å². The number of aromatic nitrogens is 2. The molecular formula is C30H25N5O5. The molecule has 5 aromatic rings. The first-order chi connectivity index (χ1) is 19.4. The summed E-state index contributed by atoms with van der Waals surface area (Å²) < 4.78 is 5.80. The fraction of sp³-hybridized carbons (Fsp3) is 0.100. The molecule has 0 spiro atoms. The normalized spacial score (nSPS) is 11.5. The summed E-state index contributed by atoms with van der Waals surface area (Å²) in [6.45, 7) is 0. The van der Waals surface area contributed by atoms with Gasteiger partial charge in [-0.15, -0.1) is 0 Å². The second-order valence-electron chi connectivity index (χ2n) is 9.02. The van der Waals surface area contributed by atoms with Crippen molar-refractivity contribution in [2.75, 3.05) is 10.6 Å². The number of benzene rings is 3. The molecular weight excluding hydrogens is 510 g/mol. The van der Waals surface area contributed by atoms with Crippen molar-refractivity contribution in [1.29, 1.82) is 0 Å². The molecule has 5 rings (SSSR count). The molecule has 0 aliphatic carbocycles. The number of carbonyl (C=O) groups is 3. The smallest absolute Gasteiger partial charge is 0.305 e. The zero-order valence-corrected chi connectivity index (χ0v) is 21.2. The molecule has 200 valence electrons. The van der Waals surface area contributed by atoms with Crippen LogP contribution in [-0.2, 0) is 16.0 Å². The van der Waals surface area contributed by atoms with Crippen LogP contribution in [0.15, 0.2) is 102 Å². The summed E-state index contributed by atoms with van der Waals surface area (Å²) in [6.07, 6.45) is 2.80. The Morgan fingerprint density at radius 1 is 0.875 bits per heavy atom. The summed E-state index contributed by atoms with van der Waals surface area (Å²) in [5.41, 5.74) is 4.35. The number of hydrogen-bond acceptors (Lipinski definition) is 7. The van der Waals surface area contributed by atoms with Gasteiger partial charge in [0.2, 0.25) is 5.91 Å². The van der Waals surface area contributed by atoms with Crippen molar-refractivity contribution in [3.8, 4) is 0 Å². The average Bonchev–Trinajstić information content (AvgIpc) is 3.35. The van der Waals surface area contributed by atoms with Crippen LogP contribution >= 0.6 is 0 Å². The molecule has 0 radical (unpaired) electrons. The van der Waals surface area contributed by atoms with Gasteiger partial charge in [0.25, 0.3) is 11.9 Å². The molecule has 2 heterocycles. The third-order valence-electron chi connectivity index (χ3n) is 6.07. The summed E-state index contributed by atoms with van der Waals surface area (Å²) in [4.78, 5) is 45.0. The van der Waals surface area contributed by atoms with Crippen molar-refractivity contribution in [2.45, 2.75) is 18.9 Å². The van der Waals surface area contributed by atoms with E-state index in [1.54, 1.807) is 48.5 Å². The number of amides is 2. The number of rotatable bonds is 10.